The van der Waals surface area contributed by atoms with Gasteiger partial charge in [-0.3, -0.25) is 4.90 Å². The van der Waals surface area contributed by atoms with Crippen molar-refractivity contribution in [3.8, 4) is 5.75 Å². The highest BCUT2D eigenvalue weighted by molar-refractivity contribution is 9.10. The standard InChI is InChI=1S/C16H19BrN2O/c1-19(10-12-4-3-5-16(8-12)20-2)11-13-6-14(17)9-15(18)7-13/h3-9H,10-11,18H2,1-2H3. The fourth-order valence-electron chi connectivity index (χ4n) is 2.22. The first-order chi connectivity index (χ1) is 9.56. The van der Waals surface area contributed by atoms with E-state index in [1.54, 1.807) is 7.11 Å². The molecule has 0 fully saturated rings. The quantitative estimate of drug-likeness (QED) is 0.848. The first-order valence-corrected chi connectivity index (χ1v) is 7.22. The molecule has 3 nitrogen and oxygen atoms in total. The van der Waals surface area contributed by atoms with E-state index in [1.165, 1.54) is 11.1 Å². The Labute approximate surface area is 128 Å². The molecule has 106 valence electrons. The molecule has 0 amide bonds. The van der Waals surface area contributed by atoms with Crippen LogP contribution < -0.4 is 10.5 Å². The number of methoxy groups -OCH3 is 1. The minimum Gasteiger partial charge on any atom is -0.497 e. The number of hydrogen-bond donors (Lipinski definition) is 1. The zero-order valence-electron chi connectivity index (χ0n) is 11.8. The van der Waals surface area contributed by atoms with E-state index >= 15 is 0 Å². The summed E-state index contributed by atoms with van der Waals surface area (Å²) in [5.74, 6) is 0.891. The van der Waals surface area contributed by atoms with E-state index < -0.39 is 0 Å². The lowest BCUT2D eigenvalue weighted by molar-refractivity contribution is 0.318. The number of hydrogen-bond acceptors (Lipinski definition) is 3. The Morgan fingerprint density at radius 3 is 2.55 bits per heavy atom. The molecule has 0 aliphatic rings. The second-order valence-electron chi connectivity index (χ2n) is 4.92. The fraction of sp³-hybridized carbons (Fsp3) is 0.250. The third-order valence-corrected chi connectivity index (χ3v) is 3.48. The average molecular weight is 335 g/mol. The first kappa shape index (κ1) is 14.9. The normalized spacial score (nSPS) is 10.8. The topological polar surface area (TPSA) is 38.5 Å². The molecule has 0 saturated carbocycles. The van der Waals surface area contributed by atoms with Gasteiger partial charge in [0.1, 0.15) is 5.75 Å². The van der Waals surface area contributed by atoms with Crippen LogP contribution in [0.3, 0.4) is 0 Å². The first-order valence-electron chi connectivity index (χ1n) is 6.43. The van der Waals surface area contributed by atoms with E-state index in [-0.39, 0.29) is 0 Å². The summed E-state index contributed by atoms with van der Waals surface area (Å²) in [6, 6.07) is 14.1. The predicted molar refractivity (Wildman–Crippen MR) is 86.7 cm³/mol. The third-order valence-electron chi connectivity index (χ3n) is 3.02. The van der Waals surface area contributed by atoms with Crippen LogP contribution in [0.4, 0.5) is 5.69 Å². The highest BCUT2D eigenvalue weighted by Crippen LogP contribution is 2.19. The number of ether oxygens (including phenoxy) is 1. The molecule has 0 bridgehead atoms. The van der Waals surface area contributed by atoms with Crippen LogP contribution in [-0.2, 0) is 13.1 Å². The van der Waals surface area contributed by atoms with E-state index in [4.69, 9.17) is 10.5 Å². The lowest BCUT2D eigenvalue weighted by Gasteiger charge is -2.17. The largest absolute Gasteiger partial charge is 0.497 e. The molecule has 0 heterocycles. The summed E-state index contributed by atoms with van der Waals surface area (Å²) >= 11 is 3.47. The number of nitrogens with two attached hydrogens (primary N) is 1. The lowest BCUT2D eigenvalue weighted by atomic mass is 10.1. The Hall–Kier alpha value is -1.52. The number of nitrogen functional groups attached to an aromatic ring is 1. The second kappa shape index (κ2) is 6.77. The molecular formula is C16H19BrN2O. The van der Waals surface area contributed by atoms with Crippen LogP contribution in [-0.4, -0.2) is 19.1 Å². The number of nitrogens with zero attached hydrogens (tertiary/aromatic N) is 1. The van der Waals surface area contributed by atoms with Gasteiger partial charge in [-0.2, -0.15) is 0 Å². The van der Waals surface area contributed by atoms with Gasteiger partial charge in [0.25, 0.3) is 0 Å². The minimum absolute atomic E-state index is 0.782. The van der Waals surface area contributed by atoms with E-state index in [2.05, 4.69) is 46.1 Å². The Balaban J connectivity index is 2.02. The molecule has 20 heavy (non-hydrogen) atoms. The third kappa shape index (κ3) is 4.25. The van der Waals surface area contributed by atoms with Crippen molar-refractivity contribution in [3.63, 3.8) is 0 Å². The molecule has 0 radical (unpaired) electrons. The van der Waals surface area contributed by atoms with E-state index in [1.807, 2.05) is 24.3 Å². The Morgan fingerprint density at radius 2 is 1.85 bits per heavy atom. The van der Waals surface area contributed by atoms with Crippen LogP contribution in [0.1, 0.15) is 11.1 Å². The molecule has 0 saturated heterocycles. The van der Waals surface area contributed by atoms with Gasteiger partial charge in [-0.1, -0.05) is 28.1 Å². The number of halogens is 1. The van der Waals surface area contributed by atoms with Gasteiger partial charge in [-0.15, -0.1) is 0 Å². The molecule has 0 unspecified atom stereocenters. The van der Waals surface area contributed by atoms with Gasteiger partial charge in [0.05, 0.1) is 7.11 Å². The molecule has 0 aromatic heterocycles. The van der Waals surface area contributed by atoms with Crippen molar-refractivity contribution in [1.29, 1.82) is 0 Å². The SMILES string of the molecule is COc1cccc(CN(C)Cc2cc(N)cc(Br)c2)c1. The van der Waals surface area contributed by atoms with Crippen LogP contribution in [0, 0.1) is 0 Å². The van der Waals surface area contributed by atoms with Gasteiger partial charge in [0, 0.05) is 23.2 Å². The molecule has 2 N–H and O–H groups in total. The van der Waals surface area contributed by atoms with Crippen LogP contribution in [0.5, 0.6) is 5.75 Å². The average Bonchev–Trinajstić information content (AvgIpc) is 2.37. The molecule has 2 aromatic carbocycles. The Morgan fingerprint density at radius 1 is 1.10 bits per heavy atom. The van der Waals surface area contributed by atoms with Gasteiger partial charge in [0.15, 0.2) is 0 Å². The minimum atomic E-state index is 0.782. The van der Waals surface area contributed by atoms with Crippen molar-refractivity contribution in [2.24, 2.45) is 0 Å². The number of benzene rings is 2. The maximum atomic E-state index is 5.86. The smallest absolute Gasteiger partial charge is 0.119 e. The molecule has 2 aromatic rings. The van der Waals surface area contributed by atoms with Crippen molar-refractivity contribution in [2.45, 2.75) is 13.1 Å². The Kier molecular flexibility index (Phi) is 5.04. The van der Waals surface area contributed by atoms with Crippen LogP contribution in [0.2, 0.25) is 0 Å². The summed E-state index contributed by atoms with van der Waals surface area (Å²) in [5.41, 5.74) is 9.07. The fourth-order valence-corrected chi connectivity index (χ4v) is 2.78. The zero-order chi connectivity index (χ0) is 14.5. The summed E-state index contributed by atoms with van der Waals surface area (Å²) < 4.78 is 6.26. The van der Waals surface area contributed by atoms with Crippen molar-refractivity contribution in [3.05, 3.63) is 58.1 Å². The van der Waals surface area contributed by atoms with E-state index in [9.17, 15) is 0 Å². The summed E-state index contributed by atoms with van der Waals surface area (Å²) in [4.78, 5) is 2.25. The second-order valence-corrected chi connectivity index (χ2v) is 5.83. The summed E-state index contributed by atoms with van der Waals surface area (Å²) in [6.07, 6.45) is 0. The van der Waals surface area contributed by atoms with Crippen molar-refractivity contribution in [1.82, 2.24) is 4.90 Å². The molecule has 0 aliphatic carbocycles. The van der Waals surface area contributed by atoms with Gasteiger partial charge in [-0.05, 0) is 48.5 Å². The molecule has 0 aliphatic heterocycles. The van der Waals surface area contributed by atoms with E-state index in [0.29, 0.717) is 0 Å². The van der Waals surface area contributed by atoms with Gasteiger partial charge < -0.3 is 10.5 Å². The van der Waals surface area contributed by atoms with Crippen molar-refractivity contribution >= 4 is 21.6 Å². The van der Waals surface area contributed by atoms with Crippen LogP contribution in [0.25, 0.3) is 0 Å². The van der Waals surface area contributed by atoms with Gasteiger partial charge >= 0.3 is 0 Å². The van der Waals surface area contributed by atoms with Crippen molar-refractivity contribution < 1.29 is 4.74 Å². The van der Waals surface area contributed by atoms with Crippen LogP contribution >= 0.6 is 15.9 Å². The zero-order valence-corrected chi connectivity index (χ0v) is 13.4. The van der Waals surface area contributed by atoms with Gasteiger partial charge in [-0.25, -0.2) is 0 Å². The van der Waals surface area contributed by atoms with Gasteiger partial charge in [0.2, 0.25) is 0 Å². The summed E-state index contributed by atoms with van der Waals surface area (Å²) in [7, 11) is 3.78. The summed E-state index contributed by atoms with van der Waals surface area (Å²) in [5, 5.41) is 0. The maximum Gasteiger partial charge on any atom is 0.119 e. The Bertz CT molecular complexity index is 566. The lowest BCUT2D eigenvalue weighted by Crippen LogP contribution is -2.17. The summed E-state index contributed by atoms with van der Waals surface area (Å²) in [6.45, 7) is 1.71. The predicted octanol–water partition coefficient (Wildman–Crippen LogP) is 3.67. The number of anilines is 1. The molecule has 2 rings (SSSR count). The number of rotatable bonds is 5. The monoisotopic (exact) mass is 334 g/mol. The highest BCUT2D eigenvalue weighted by Gasteiger charge is 2.04. The van der Waals surface area contributed by atoms with E-state index in [0.717, 1.165) is 29.0 Å². The molecule has 0 spiro atoms. The highest BCUT2D eigenvalue weighted by atomic mass is 79.9. The molecule has 4 heteroatoms. The molecule has 0 atom stereocenters. The maximum absolute atomic E-state index is 5.86. The molecular weight excluding hydrogens is 316 g/mol. The van der Waals surface area contributed by atoms with Crippen LogP contribution in [0.15, 0.2) is 46.9 Å². The van der Waals surface area contributed by atoms with Crippen molar-refractivity contribution in [2.75, 3.05) is 19.9 Å².